The number of rotatable bonds is 3. The van der Waals surface area contributed by atoms with Gasteiger partial charge in [-0.1, -0.05) is 6.42 Å². The summed E-state index contributed by atoms with van der Waals surface area (Å²) < 4.78 is 4.96. The largest absolute Gasteiger partial charge is 0.450 e. The highest BCUT2D eigenvalue weighted by atomic mass is 16.6. The average Bonchev–Trinajstić information content (AvgIpc) is 2.72. The average molecular weight is 311 g/mol. The molecule has 2 heterocycles. The van der Waals surface area contributed by atoms with Crippen LogP contribution in [-0.4, -0.2) is 78.5 Å². The molecular weight excluding hydrogens is 286 g/mol. The molecular formula is C15H25N3O4. The number of amides is 3. The first-order valence-corrected chi connectivity index (χ1v) is 8.09. The second-order valence-corrected chi connectivity index (χ2v) is 5.69. The Bertz CT molecular complexity index is 419. The first kappa shape index (κ1) is 16.6. The van der Waals surface area contributed by atoms with Crippen LogP contribution in [0.1, 0.15) is 32.6 Å². The minimum Gasteiger partial charge on any atom is -0.450 e. The summed E-state index contributed by atoms with van der Waals surface area (Å²) in [6.07, 6.45) is 3.16. The maximum atomic E-state index is 12.3. The number of hydrogen-bond acceptors (Lipinski definition) is 4. The van der Waals surface area contributed by atoms with Gasteiger partial charge in [0.1, 0.15) is 0 Å². The van der Waals surface area contributed by atoms with E-state index in [1.807, 2.05) is 0 Å². The molecule has 2 fully saturated rings. The Morgan fingerprint density at radius 3 is 2.36 bits per heavy atom. The van der Waals surface area contributed by atoms with Crippen molar-refractivity contribution in [1.82, 2.24) is 14.7 Å². The van der Waals surface area contributed by atoms with Crippen molar-refractivity contribution in [2.75, 3.05) is 45.9 Å². The third kappa shape index (κ3) is 4.35. The zero-order valence-electron chi connectivity index (χ0n) is 13.3. The molecule has 0 N–H and O–H groups in total. The van der Waals surface area contributed by atoms with Crippen molar-refractivity contribution >= 4 is 17.9 Å². The third-order valence-electron chi connectivity index (χ3n) is 4.16. The van der Waals surface area contributed by atoms with Crippen molar-refractivity contribution in [1.29, 1.82) is 0 Å². The molecule has 2 aliphatic heterocycles. The van der Waals surface area contributed by atoms with Gasteiger partial charge in [-0.25, -0.2) is 4.79 Å². The van der Waals surface area contributed by atoms with Crippen LogP contribution in [0, 0.1) is 0 Å². The number of nitrogens with zero attached hydrogens (tertiary/aromatic N) is 3. The van der Waals surface area contributed by atoms with E-state index in [0.717, 1.165) is 19.3 Å². The number of ether oxygens (including phenoxy) is 1. The lowest BCUT2D eigenvalue weighted by atomic mass is 10.2. The molecule has 22 heavy (non-hydrogen) atoms. The number of piperazine rings is 1. The summed E-state index contributed by atoms with van der Waals surface area (Å²) in [6.45, 7) is 4.94. The molecule has 2 saturated heterocycles. The summed E-state index contributed by atoms with van der Waals surface area (Å²) in [4.78, 5) is 40.9. The molecule has 0 saturated carbocycles. The van der Waals surface area contributed by atoms with Gasteiger partial charge in [0.2, 0.25) is 11.8 Å². The first-order chi connectivity index (χ1) is 10.6. The van der Waals surface area contributed by atoms with Gasteiger partial charge in [-0.15, -0.1) is 0 Å². The highest BCUT2D eigenvalue weighted by Gasteiger charge is 2.27. The van der Waals surface area contributed by atoms with Crippen LogP contribution in [0.3, 0.4) is 0 Å². The van der Waals surface area contributed by atoms with Crippen molar-refractivity contribution in [3.8, 4) is 0 Å². The molecule has 2 aliphatic rings. The van der Waals surface area contributed by atoms with Crippen LogP contribution >= 0.6 is 0 Å². The van der Waals surface area contributed by atoms with Gasteiger partial charge in [-0.3, -0.25) is 9.59 Å². The molecule has 0 atom stereocenters. The fourth-order valence-electron chi connectivity index (χ4n) is 2.82. The van der Waals surface area contributed by atoms with E-state index in [4.69, 9.17) is 4.74 Å². The third-order valence-corrected chi connectivity index (χ3v) is 4.16. The lowest BCUT2D eigenvalue weighted by molar-refractivity contribution is -0.141. The van der Waals surface area contributed by atoms with E-state index in [1.165, 1.54) is 0 Å². The van der Waals surface area contributed by atoms with Gasteiger partial charge in [-0.05, 0) is 19.8 Å². The Hall–Kier alpha value is -1.79. The SMILES string of the molecule is CCOC(=O)N1CCN(C(=O)CN2CCCCCC2=O)CC1. The Morgan fingerprint density at radius 2 is 1.68 bits per heavy atom. The molecule has 2 rings (SSSR count). The van der Waals surface area contributed by atoms with Crippen LogP contribution in [0.2, 0.25) is 0 Å². The van der Waals surface area contributed by atoms with E-state index in [9.17, 15) is 14.4 Å². The highest BCUT2D eigenvalue weighted by molar-refractivity contribution is 5.85. The summed E-state index contributed by atoms with van der Waals surface area (Å²) in [5.74, 6) is 0.0507. The van der Waals surface area contributed by atoms with E-state index >= 15 is 0 Å². The van der Waals surface area contributed by atoms with E-state index in [2.05, 4.69) is 0 Å². The number of carbonyl (C=O) groups is 3. The van der Waals surface area contributed by atoms with Gasteiger partial charge in [0.15, 0.2) is 0 Å². The monoisotopic (exact) mass is 311 g/mol. The summed E-state index contributed by atoms with van der Waals surface area (Å²) in [5.41, 5.74) is 0. The van der Waals surface area contributed by atoms with Crippen molar-refractivity contribution in [3.05, 3.63) is 0 Å². The summed E-state index contributed by atoms with van der Waals surface area (Å²) in [5, 5.41) is 0. The highest BCUT2D eigenvalue weighted by Crippen LogP contribution is 2.12. The van der Waals surface area contributed by atoms with E-state index in [1.54, 1.807) is 21.6 Å². The number of carbonyl (C=O) groups excluding carboxylic acids is 3. The quantitative estimate of drug-likeness (QED) is 0.769. The van der Waals surface area contributed by atoms with Crippen LogP contribution in [0.5, 0.6) is 0 Å². The Kier molecular flexibility index (Phi) is 6.03. The van der Waals surface area contributed by atoms with Crippen molar-refractivity contribution < 1.29 is 19.1 Å². The lowest BCUT2D eigenvalue weighted by Gasteiger charge is -2.35. The Balaban J connectivity index is 1.79. The molecule has 0 aliphatic carbocycles. The van der Waals surface area contributed by atoms with Crippen LogP contribution in [-0.2, 0) is 14.3 Å². The van der Waals surface area contributed by atoms with Gasteiger partial charge < -0.3 is 19.4 Å². The number of hydrogen-bond donors (Lipinski definition) is 0. The molecule has 3 amide bonds. The van der Waals surface area contributed by atoms with E-state index < -0.39 is 0 Å². The molecule has 124 valence electrons. The number of likely N-dealkylation sites (tertiary alicyclic amines) is 1. The molecule has 0 aromatic rings. The molecule has 0 radical (unpaired) electrons. The normalized spacial score (nSPS) is 19.9. The smallest absolute Gasteiger partial charge is 0.409 e. The minimum atomic E-state index is -0.322. The molecule has 0 aromatic carbocycles. The van der Waals surface area contributed by atoms with Crippen molar-refractivity contribution in [2.24, 2.45) is 0 Å². The van der Waals surface area contributed by atoms with Crippen molar-refractivity contribution in [2.45, 2.75) is 32.6 Å². The van der Waals surface area contributed by atoms with Gasteiger partial charge in [0.25, 0.3) is 0 Å². The fourth-order valence-corrected chi connectivity index (χ4v) is 2.82. The topological polar surface area (TPSA) is 70.2 Å². The Labute approximate surface area is 131 Å². The summed E-state index contributed by atoms with van der Waals surface area (Å²) in [7, 11) is 0. The fraction of sp³-hybridized carbons (Fsp3) is 0.800. The predicted molar refractivity (Wildman–Crippen MR) is 80.2 cm³/mol. The van der Waals surface area contributed by atoms with Gasteiger partial charge in [0, 0.05) is 39.1 Å². The van der Waals surface area contributed by atoms with Crippen molar-refractivity contribution in [3.63, 3.8) is 0 Å². The zero-order valence-corrected chi connectivity index (χ0v) is 13.3. The standard InChI is InChI=1S/C15H25N3O4/c1-2-22-15(21)17-10-8-16(9-11-17)14(20)12-18-7-5-3-4-6-13(18)19/h2-12H2,1H3. The van der Waals surface area contributed by atoms with Gasteiger partial charge in [0.05, 0.1) is 13.2 Å². The Morgan fingerprint density at radius 1 is 1.00 bits per heavy atom. The molecule has 7 heteroatoms. The molecule has 0 unspecified atom stereocenters. The summed E-state index contributed by atoms with van der Waals surface area (Å²) in [6, 6.07) is 0. The molecule has 0 aromatic heterocycles. The first-order valence-electron chi connectivity index (χ1n) is 8.09. The molecule has 7 nitrogen and oxygen atoms in total. The predicted octanol–water partition coefficient (Wildman–Crippen LogP) is 0.690. The van der Waals surface area contributed by atoms with Crippen LogP contribution in [0.4, 0.5) is 4.79 Å². The second-order valence-electron chi connectivity index (χ2n) is 5.69. The zero-order chi connectivity index (χ0) is 15.9. The maximum Gasteiger partial charge on any atom is 0.409 e. The second kappa shape index (κ2) is 8.00. The lowest BCUT2D eigenvalue weighted by Crippen LogP contribution is -2.53. The van der Waals surface area contributed by atoms with Crippen LogP contribution < -0.4 is 0 Å². The van der Waals surface area contributed by atoms with E-state index in [-0.39, 0.29) is 24.5 Å². The molecule has 0 spiro atoms. The molecule has 0 bridgehead atoms. The van der Waals surface area contributed by atoms with Crippen LogP contribution in [0.25, 0.3) is 0 Å². The van der Waals surface area contributed by atoms with Crippen LogP contribution in [0.15, 0.2) is 0 Å². The van der Waals surface area contributed by atoms with E-state index in [0.29, 0.717) is 45.8 Å². The van der Waals surface area contributed by atoms with Gasteiger partial charge in [-0.2, -0.15) is 0 Å². The minimum absolute atomic E-state index is 0.0289. The maximum absolute atomic E-state index is 12.3. The summed E-state index contributed by atoms with van der Waals surface area (Å²) >= 11 is 0. The van der Waals surface area contributed by atoms with Gasteiger partial charge >= 0.3 is 6.09 Å².